The molecule has 1 aromatic heterocycles. The molecule has 0 aliphatic rings. The third-order valence-electron chi connectivity index (χ3n) is 2.50. The standard InChI is InChI=1S/C11H9Cl3N2O2S2/c1-6(7-2-3-8(12)9(13)4-7)16-20(17,18)10-5-15-11(14)19-10/h2-6,16H,1H3. The zero-order valence-corrected chi connectivity index (χ0v) is 14.0. The van der Waals surface area contributed by atoms with Crippen LogP contribution in [0.15, 0.2) is 28.6 Å². The quantitative estimate of drug-likeness (QED) is 0.878. The number of hydrogen-bond donors (Lipinski definition) is 1. The van der Waals surface area contributed by atoms with Crippen LogP contribution >= 0.6 is 46.1 Å². The first-order chi connectivity index (χ1) is 9.29. The van der Waals surface area contributed by atoms with Gasteiger partial charge in [-0.2, -0.15) is 0 Å². The van der Waals surface area contributed by atoms with E-state index in [1.54, 1.807) is 25.1 Å². The van der Waals surface area contributed by atoms with E-state index in [-0.39, 0.29) is 8.68 Å². The van der Waals surface area contributed by atoms with E-state index in [2.05, 4.69) is 9.71 Å². The van der Waals surface area contributed by atoms with Crippen molar-refractivity contribution in [3.05, 3.63) is 44.5 Å². The molecular weight excluding hydrogens is 363 g/mol. The van der Waals surface area contributed by atoms with Crippen LogP contribution in [0.2, 0.25) is 14.5 Å². The summed E-state index contributed by atoms with van der Waals surface area (Å²) in [7, 11) is -3.66. The van der Waals surface area contributed by atoms with Crippen molar-refractivity contribution >= 4 is 56.2 Å². The lowest BCUT2D eigenvalue weighted by molar-refractivity contribution is 0.569. The largest absolute Gasteiger partial charge is 0.252 e. The minimum absolute atomic E-state index is 0.0643. The molecule has 0 radical (unpaired) electrons. The van der Waals surface area contributed by atoms with Gasteiger partial charge in [-0.15, -0.1) is 0 Å². The highest BCUT2D eigenvalue weighted by Crippen LogP contribution is 2.27. The maximum Gasteiger partial charge on any atom is 0.252 e. The number of rotatable bonds is 4. The van der Waals surface area contributed by atoms with Gasteiger partial charge in [-0.1, -0.05) is 52.2 Å². The fourth-order valence-corrected chi connectivity index (χ4v) is 4.35. The Bertz CT molecular complexity index is 731. The summed E-state index contributed by atoms with van der Waals surface area (Å²) in [5.74, 6) is 0. The third-order valence-corrected chi connectivity index (χ3v) is 6.35. The first kappa shape index (κ1) is 16.0. The van der Waals surface area contributed by atoms with Crippen molar-refractivity contribution in [1.29, 1.82) is 0 Å². The molecule has 1 heterocycles. The number of benzene rings is 1. The van der Waals surface area contributed by atoms with E-state index < -0.39 is 16.1 Å². The van der Waals surface area contributed by atoms with Crippen LogP contribution in [0.25, 0.3) is 0 Å². The van der Waals surface area contributed by atoms with Gasteiger partial charge in [-0.3, -0.25) is 0 Å². The molecule has 1 atom stereocenters. The molecular formula is C11H9Cl3N2O2S2. The number of thiazole rings is 1. The Balaban J connectivity index is 2.22. The van der Waals surface area contributed by atoms with E-state index in [0.29, 0.717) is 15.6 Å². The van der Waals surface area contributed by atoms with Crippen LogP contribution in [0.1, 0.15) is 18.5 Å². The predicted octanol–water partition coefficient (Wildman–Crippen LogP) is 4.14. The van der Waals surface area contributed by atoms with Crippen LogP contribution in [-0.4, -0.2) is 13.4 Å². The van der Waals surface area contributed by atoms with Crippen LogP contribution in [0.4, 0.5) is 0 Å². The maximum atomic E-state index is 12.1. The van der Waals surface area contributed by atoms with E-state index >= 15 is 0 Å². The van der Waals surface area contributed by atoms with Crippen molar-refractivity contribution in [2.75, 3.05) is 0 Å². The minimum Gasteiger partial charge on any atom is -0.232 e. The Morgan fingerprint density at radius 3 is 2.50 bits per heavy atom. The molecule has 1 aromatic carbocycles. The lowest BCUT2D eigenvalue weighted by Gasteiger charge is -2.14. The molecule has 108 valence electrons. The van der Waals surface area contributed by atoms with Crippen molar-refractivity contribution in [2.24, 2.45) is 0 Å². The van der Waals surface area contributed by atoms with Gasteiger partial charge in [0.05, 0.1) is 16.2 Å². The number of nitrogens with zero attached hydrogens (tertiary/aromatic N) is 1. The Labute approximate surface area is 135 Å². The highest BCUT2D eigenvalue weighted by molar-refractivity contribution is 7.91. The molecule has 1 unspecified atom stereocenters. The molecule has 0 fully saturated rings. The summed E-state index contributed by atoms with van der Waals surface area (Å²) in [6.45, 7) is 1.71. The molecule has 4 nitrogen and oxygen atoms in total. The molecule has 0 saturated carbocycles. The molecule has 9 heteroatoms. The van der Waals surface area contributed by atoms with E-state index in [0.717, 1.165) is 11.3 Å². The topological polar surface area (TPSA) is 59.1 Å². The summed E-state index contributed by atoms with van der Waals surface area (Å²) in [6, 6.07) is 4.49. The van der Waals surface area contributed by atoms with Crippen LogP contribution in [0.3, 0.4) is 0 Å². The summed E-state index contributed by atoms with van der Waals surface area (Å²) in [5, 5.41) is 0.788. The fraction of sp³-hybridized carbons (Fsp3) is 0.182. The van der Waals surface area contributed by atoms with Crippen LogP contribution in [0.5, 0.6) is 0 Å². The first-order valence-electron chi connectivity index (χ1n) is 5.38. The van der Waals surface area contributed by atoms with Gasteiger partial charge in [0.2, 0.25) is 0 Å². The van der Waals surface area contributed by atoms with Crippen molar-refractivity contribution in [3.8, 4) is 0 Å². The highest BCUT2D eigenvalue weighted by Gasteiger charge is 2.21. The molecule has 0 saturated heterocycles. The molecule has 0 amide bonds. The van der Waals surface area contributed by atoms with Crippen LogP contribution < -0.4 is 4.72 Å². The van der Waals surface area contributed by atoms with Crippen LogP contribution in [-0.2, 0) is 10.0 Å². The molecule has 0 spiro atoms. The van der Waals surface area contributed by atoms with E-state index in [1.165, 1.54) is 6.20 Å². The number of halogens is 3. The van der Waals surface area contributed by atoms with Gasteiger partial charge < -0.3 is 0 Å². The second-order valence-corrected chi connectivity index (χ2v) is 8.32. The van der Waals surface area contributed by atoms with Gasteiger partial charge >= 0.3 is 0 Å². The van der Waals surface area contributed by atoms with Gasteiger partial charge in [0.15, 0.2) is 8.68 Å². The molecule has 0 aliphatic carbocycles. The zero-order chi connectivity index (χ0) is 14.9. The SMILES string of the molecule is CC(NS(=O)(=O)c1cnc(Cl)s1)c1ccc(Cl)c(Cl)c1. The van der Waals surface area contributed by atoms with Crippen molar-refractivity contribution in [1.82, 2.24) is 9.71 Å². The van der Waals surface area contributed by atoms with Gasteiger partial charge in [0.25, 0.3) is 10.0 Å². The molecule has 1 N–H and O–H groups in total. The number of aromatic nitrogens is 1. The van der Waals surface area contributed by atoms with Crippen molar-refractivity contribution in [3.63, 3.8) is 0 Å². The predicted molar refractivity (Wildman–Crippen MR) is 82.3 cm³/mol. The fourth-order valence-electron chi connectivity index (χ4n) is 1.50. The molecule has 0 bridgehead atoms. The van der Waals surface area contributed by atoms with Crippen molar-refractivity contribution in [2.45, 2.75) is 17.2 Å². The summed E-state index contributed by atoms with van der Waals surface area (Å²) < 4.78 is 27.0. The Kier molecular flexibility index (Phi) is 4.94. The van der Waals surface area contributed by atoms with E-state index in [9.17, 15) is 8.42 Å². The normalized spacial score (nSPS) is 13.4. The van der Waals surface area contributed by atoms with Crippen molar-refractivity contribution < 1.29 is 8.42 Å². The molecule has 2 aromatic rings. The molecule has 2 rings (SSSR count). The van der Waals surface area contributed by atoms with Crippen LogP contribution in [0, 0.1) is 0 Å². The number of sulfonamides is 1. The molecule has 0 aliphatic heterocycles. The summed E-state index contributed by atoms with van der Waals surface area (Å²) in [6.07, 6.45) is 1.22. The second kappa shape index (κ2) is 6.17. The Hall–Kier alpha value is -0.370. The minimum atomic E-state index is -3.66. The third kappa shape index (κ3) is 3.63. The second-order valence-electron chi connectivity index (χ2n) is 3.95. The zero-order valence-electron chi connectivity index (χ0n) is 10.1. The monoisotopic (exact) mass is 370 g/mol. The van der Waals surface area contributed by atoms with Gasteiger partial charge in [0.1, 0.15) is 0 Å². The van der Waals surface area contributed by atoms with Gasteiger partial charge in [-0.25, -0.2) is 18.1 Å². The lowest BCUT2D eigenvalue weighted by Crippen LogP contribution is -2.26. The smallest absolute Gasteiger partial charge is 0.232 e. The average Bonchev–Trinajstić information content (AvgIpc) is 2.79. The van der Waals surface area contributed by atoms with E-state index in [4.69, 9.17) is 34.8 Å². The first-order valence-corrected chi connectivity index (χ1v) is 8.81. The Morgan fingerprint density at radius 1 is 1.25 bits per heavy atom. The van der Waals surface area contributed by atoms with Gasteiger partial charge in [0, 0.05) is 6.04 Å². The average molecular weight is 372 g/mol. The summed E-state index contributed by atoms with van der Waals surface area (Å²) in [4.78, 5) is 3.71. The highest BCUT2D eigenvalue weighted by atomic mass is 35.5. The maximum absolute atomic E-state index is 12.1. The number of hydrogen-bond acceptors (Lipinski definition) is 4. The number of nitrogens with one attached hydrogen (secondary N) is 1. The van der Waals surface area contributed by atoms with E-state index in [1.807, 2.05) is 0 Å². The summed E-state index contributed by atoms with van der Waals surface area (Å²) >= 11 is 18.3. The molecule has 20 heavy (non-hydrogen) atoms. The van der Waals surface area contributed by atoms with Gasteiger partial charge in [-0.05, 0) is 24.6 Å². The Morgan fingerprint density at radius 2 is 1.95 bits per heavy atom. The lowest BCUT2D eigenvalue weighted by atomic mass is 10.1. The summed E-state index contributed by atoms with van der Waals surface area (Å²) in [5.41, 5.74) is 0.707.